The Hall–Kier alpha value is -2.01. The van der Waals surface area contributed by atoms with Crippen molar-refractivity contribution in [1.29, 1.82) is 0 Å². The quantitative estimate of drug-likeness (QED) is 0.839. The largest absolute Gasteiger partial charge is 0.454 e. The van der Waals surface area contributed by atoms with Gasteiger partial charge in [-0.05, 0) is 61.7 Å². The van der Waals surface area contributed by atoms with Crippen LogP contribution in [0.2, 0.25) is 0 Å². The van der Waals surface area contributed by atoms with E-state index >= 15 is 0 Å². The number of fused-ring (bicyclic) bond motifs is 1. The van der Waals surface area contributed by atoms with Crippen LogP contribution in [0, 0.1) is 0 Å². The van der Waals surface area contributed by atoms with Crippen LogP contribution < -0.4 is 9.47 Å². The molecule has 2 aliphatic rings. The number of benzene rings is 1. The van der Waals surface area contributed by atoms with Crippen LogP contribution in [0.5, 0.6) is 11.5 Å². The van der Waals surface area contributed by atoms with Crippen molar-refractivity contribution >= 4 is 17.2 Å². The fourth-order valence-corrected chi connectivity index (χ4v) is 4.25. The molecule has 0 spiro atoms. The molecule has 1 amide bonds. The standard InChI is InChI=1S/C19H21NO3S/c21-19(14-6-9-17-18(12-14)23-13-22-17)20-10-2-1-4-15(20)7-8-16-5-3-11-24-16/h3,5-6,9,11-12,15H,1-2,4,7-8,10,13H2/t15-/m1/s1. The highest BCUT2D eigenvalue weighted by Crippen LogP contribution is 2.33. The fraction of sp³-hybridized carbons (Fsp3) is 0.421. The molecule has 24 heavy (non-hydrogen) atoms. The number of thiophene rings is 1. The Kier molecular flexibility index (Phi) is 4.43. The van der Waals surface area contributed by atoms with Crippen LogP contribution in [0.1, 0.15) is 40.9 Å². The Morgan fingerprint density at radius 2 is 2.12 bits per heavy atom. The van der Waals surface area contributed by atoms with Crippen molar-refractivity contribution in [1.82, 2.24) is 4.90 Å². The zero-order chi connectivity index (χ0) is 16.4. The van der Waals surface area contributed by atoms with E-state index in [-0.39, 0.29) is 12.7 Å². The number of carbonyl (C=O) groups is 1. The van der Waals surface area contributed by atoms with E-state index < -0.39 is 0 Å². The molecule has 2 aliphatic heterocycles. The molecule has 0 aliphatic carbocycles. The average Bonchev–Trinajstić information content (AvgIpc) is 3.30. The Morgan fingerprint density at radius 1 is 1.21 bits per heavy atom. The average molecular weight is 343 g/mol. The second kappa shape index (κ2) is 6.85. The highest BCUT2D eigenvalue weighted by Gasteiger charge is 2.28. The lowest BCUT2D eigenvalue weighted by Crippen LogP contribution is -2.43. The molecule has 1 fully saturated rings. The Labute approximate surface area is 146 Å². The monoisotopic (exact) mass is 343 g/mol. The number of likely N-dealkylation sites (tertiary alicyclic amines) is 1. The second-order valence-corrected chi connectivity index (χ2v) is 7.37. The summed E-state index contributed by atoms with van der Waals surface area (Å²) in [7, 11) is 0. The van der Waals surface area contributed by atoms with Gasteiger partial charge in [0.15, 0.2) is 11.5 Å². The summed E-state index contributed by atoms with van der Waals surface area (Å²) in [6.07, 6.45) is 5.48. The maximum atomic E-state index is 13.0. The van der Waals surface area contributed by atoms with Gasteiger partial charge in [0.2, 0.25) is 6.79 Å². The molecular weight excluding hydrogens is 322 g/mol. The molecule has 5 heteroatoms. The van der Waals surface area contributed by atoms with Crippen LogP contribution in [0.15, 0.2) is 35.7 Å². The first-order chi connectivity index (χ1) is 11.8. The van der Waals surface area contributed by atoms with Gasteiger partial charge in [0.25, 0.3) is 5.91 Å². The van der Waals surface area contributed by atoms with Gasteiger partial charge in [-0.1, -0.05) is 6.07 Å². The molecule has 0 saturated carbocycles. The van der Waals surface area contributed by atoms with E-state index in [2.05, 4.69) is 22.4 Å². The Morgan fingerprint density at radius 3 is 3.00 bits per heavy atom. The topological polar surface area (TPSA) is 38.8 Å². The predicted octanol–water partition coefficient (Wildman–Crippen LogP) is 4.10. The van der Waals surface area contributed by atoms with Crippen molar-refractivity contribution in [2.24, 2.45) is 0 Å². The highest BCUT2D eigenvalue weighted by atomic mass is 32.1. The second-order valence-electron chi connectivity index (χ2n) is 6.33. The lowest BCUT2D eigenvalue weighted by molar-refractivity contribution is 0.0602. The number of hydrogen-bond acceptors (Lipinski definition) is 4. The van der Waals surface area contributed by atoms with Crippen LogP contribution in [-0.4, -0.2) is 30.2 Å². The molecule has 1 saturated heterocycles. The first-order valence-corrected chi connectivity index (χ1v) is 9.42. The summed E-state index contributed by atoms with van der Waals surface area (Å²) in [5, 5.41) is 2.12. The van der Waals surface area contributed by atoms with Crippen molar-refractivity contribution in [2.45, 2.75) is 38.1 Å². The molecule has 1 atom stereocenters. The van der Waals surface area contributed by atoms with Crippen molar-refractivity contribution in [3.8, 4) is 11.5 Å². The minimum atomic E-state index is 0.115. The third-order valence-corrected chi connectivity index (χ3v) is 5.75. The Balaban J connectivity index is 1.48. The van der Waals surface area contributed by atoms with Gasteiger partial charge in [0.1, 0.15) is 0 Å². The summed E-state index contributed by atoms with van der Waals surface area (Å²) in [5.41, 5.74) is 0.697. The zero-order valence-electron chi connectivity index (χ0n) is 13.6. The minimum Gasteiger partial charge on any atom is -0.454 e. The number of carbonyl (C=O) groups excluding carboxylic acids is 1. The summed E-state index contributed by atoms with van der Waals surface area (Å²) in [6.45, 7) is 1.09. The highest BCUT2D eigenvalue weighted by molar-refractivity contribution is 7.09. The minimum absolute atomic E-state index is 0.115. The summed E-state index contributed by atoms with van der Waals surface area (Å²) in [4.78, 5) is 16.5. The van der Waals surface area contributed by atoms with E-state index in [1.54, 1.807) is 11.3 Å². The van der Waals surface area contributed by atoms with Crippen LogP contribution in [0.3, 0.4) is 0 Å². The smallest absolute Gasteiger partial charge is 0.254 e. The maximum absolute atomic E-state index is 13.0. The van der Waals surface area contributed by atoms with E-state index in [4.69, 9.17) is 9.47 Å². The van der Waals surface area contributed by atoms with Gasteiger partial charge < -0.3 is 14.4 Å². The summed E-state index contributed by atoms with van der Waals surface area (Å²) < 4.78 is 10.7. The number of nitrogens with zero attached hydrogens (tertiary/aromatic N) is 1. The van der Waals surface area contributed by atoms with Gasteiger partial charge in [-0.3, -0.25) is 4.79 Å². The fourth-order valence-electron chi connectivity index (χ4n) is 3.53. The van der Waals surface area contributed by atoms with Gasteiger partial charge in [-0.15, -0.1) is 11.3 Å². The molecule has 4 nitrogen and oxygen atoms in total. The normalized spacial score (nSPS) is 19.5. The van der Waals surface area contributed by atoms with Crippen LogP contribution in [0.25, 0.3) is 0 Å². The molecular formula is C19H21NO3S. The van der Waals surface area contributed by atoms with Crippen molar-refractivity contribution in [3.05, 3.63) is 46.2 Å². The predicted molar refractivity (Wildman–Crippen MR) is 93.9 cm³/mol. The van der Waals surface area contributed by atoms with Crippen molar-refractivity contribution in [2.75, 3.05) is 13.3 Å². The van der Waals surface area contributed by atoms with E-state index in [0.29, 0.717) is 17.4 Å². The summed E-state index contributed by atoms with van der Waals surface area (Å²) in [6, 6.07) is 10.1. The van der Waals surface area contributed by atoms with Gasteiger partial charge in [0.05, 0.1) is 0 Å². The van der Waals surface area contributed by atoms with Gasteiger partial charge in [-0.2, -0.15) is 0 Å². The first kappa shape index (κ1) is 15.5. The van der Waals surface area contributed by atoms with Crippen LogP contribution in [-0.2, 0) is 6.42 Å². The lowest BCUT2D eigenvalue weighted by Gasteiger charge is -2.36. The van der Waals surface area contributed by atoms with E-state index in [9.17, 15) is 4.79 Å². The van der Waals surface area contributed by atoms with Crippen molar-refractivity contribution in [3.63, 3.8) is 0 Å². The molecule has 1 aromatic carbocycles. The van der Waals surface area contributed by atoms with Gasteiger partial charge in [-0.25, -0.2) is 0 Å². The summed E-state index contributed by atoms with van der Waals surface area (Å²) in [5.74, 6) is 1.51. The van der Waals surface area contributed by atoms with Crippen LogP contribution >= 0.6 is 11.3 Å². The number of hydrogen-bond donors (Lipinski definition) is 0. The van der Waals surface area contributed by atoms with E-state index in [0.717, 1.165) is 38.0 Å². The molecule has 2 aromatic rings. The number of piperidine rings is 1. The van der Waals surface area contributed by atoms with Gasteiger partial charge in [0, 0.05) is 23.0 Å². The summed E-state index contributed by atoms with van der Waals surface area (Å²) >= 11 is 1.80. The Bertz CT molecular complexity index is 713. The third kappa shape index (κ3) is 3.13. The number of rotatable bonds is 4. The molecule has 0 unspecified atom stereocenters. The number of aryl methyl sites for hydroxylation is 1. The van der Waals surface area contributed by atoms with E-state index in [1.165, 1.54) is 11.3 Å². The van der Waals surface area contributed by atoms with E-state index in [1.807, 2.05) is 18.2 Å². The number of ether oxygens (including phenoxy) is 2. The number of amides is 1. The SMILES string of the molecule is O=C(c1ccc2c(c1)OCO2)N1CCCC[C@@H]1CCc1cccs1. The van der Waals surface area contributed by atoms with Crippen molar-refractivity contribution < 1.29 is 14.3 Å². The first-order valence-electron chi connectivity index (χ1n) is 8.54. The maximum Gasteiger partial charge on any atom is 0.254 e. The third-order valence-electron chi connectivity index (χ3n) is 4.81. The van der Waals surface area contributed by atoms with Gasteiger partial charge >= 0.3 is 0 Å². The molecule has 0 radical (unpaired) electrons. The molecule has 0 bridgehead atoms. The molecule has 126 valence electrons. The molecule has 3 heterocycles. The lowest BCUT2D eigenvalue weighted by atomic mass is 9.96. The zero-order valence-corrected chi connectivity index (χ0v) is 14.4. The molecule has 0 N–H and O–H groups in total. The van der Waals surface area contributed by atoms with Crippen LogP contribution in [0.4, 0.5) is 0 Å². The molecule has 4 rings (SSSR count). The molecule has 1 aromatic heterocycles.